The monoisotopic (exact) mass is 425 g/mol. The molecule has 9 heteroatoms. The van der Waals surface area contributed by atoms with Gasteiger partial charge in [0.2, 0.25) is 11.8 Å². The minimum absolute atomic E-state index is 0.0807. The molecule has 2 amide bonds. The number of sulfone groups is 1. The van der Waals surface area contributed by atoms with Crippen molar-refractivity contribution in [1.29, 1.82) is 0 Å². The molecule has 8 nitrogen and oxygen atoms in total. The fraction of sp³-hybridized carbons (Fsp3) is 0.0952. The standard InChI is InChI=1S/C21H19N3O5S/c1-30(27,28)13-14-5-7-15(8-6-14)21(26)24-17-9-10-19(23-12-17)29-18-4-2-3-16(11-18)20(22)25/h2-12H,13H2,1H3,(H2,22,25)(H,24,26). The zero-order valence-corrected chi connectivity index (χ0v) is 16.8. The van der Waals surface area contributed by atoms with Crippen LogP contribution < -0.4 is 15.8 Å². The van der Waals surface area contributed by atoms with Crippen molar-refractivity contribution < 1.29 is 22.7 Å². The molecule has 0 fully saturated rings. The first kappa shape index (κ1) is 21.0. The number of hydrogen-bond donors (Lipinski definition) is 2. The molecule has 0 aliphatic heterocycles. The van der Waals surface area contributed by atoms with Gasteiger partial charge in [0, 0.05) is 23.4 Å². The SMILES string of the molecule is CS(=O)(=O)Cc1ccc(C(=O)Nc2ccc(Oc3cccc(C(N)=O)c3)nc2)cc1. The minimum Gasteiger partial charge on any atom is -0.439 e. The van der Waals surface area contributed by atoms with Gasteiger partial charge in [-0.3, -0.25) is 9.59 Å². The van der Waals surface area contributed by atoms with Crippen LogP contribution in [-0.4, -0.2) is 31.5 Å². The number of rotatable bonds is 7. The molecule has 0 spiro atoms. The van der Waals surface area contributed by atoms with Crippen LogP contribution in [0.2, 0.25) is 0 Å². The number of pyridine rings is 1. The van der Waals surface area contributed by atoms with Gasteiger partial charge in [0.1, 0.15) is 5.75 Å². The van der Waals surface area contributed by atoms with Gasteiger partial charge in [0.05, 0.1) is 17.6 Å². The predicted molar refractivity (Wildman–Crippen MR) is 112 cm³/mol. The largest absolute Gasteiger partial charge is 0.439 e. The number of ether oxygens (including phenoxy) is 1. The molecule has 2 aromatic carbocycles. The molecule has 3 N–H and O–H groups in total. The highest BCUT2D eigenvalue weighted by atomic mass is 32.2. The summed E-state index contributed by atoms with van der Waals surface area (Å²) in [6.07, 6.45) is 2.59. The zero-order chi connectivity index (χ0) is 21.7. The minimum atomic E-state index is -3.14. The first-order valence-corrected chi connectivity index (χ1v) is 10.9. The van der Waals surface area contributed by atoms with Gasteiger partial charge in [-0.25, -0.2) is 13.4 Å². The van der Waals surface area contributed by atoms with Gasteiger partial charge < -0.3 is 15.8 Å². The Labute approximate surface area is 173 Å². The Bertz CT molecular complexity index is 1170. The molecule has 1 aromatic heterocycles. The van der Waals surface area contributed by atoms with E-state index in [1.807, 2.05) is 0 Å². The lowest BCUT2D eigenvalue weighted by molar-refractivity contribution is 0.0997. The van der Waals surface area contributed by atoms with E-state index in [1.165, 1.54) is 12.3 Å². The quantitative estimate of drug-likeness (QED) is 0.599. The Morgan fingerprint density at radius 2 is 1.77 bits per heavy atom. The van der Waals surface area contributed by atoms with Gasteiger partial charge in [-0.1, -0.05) is 18.2 Å². The molecule has 30 heavy (non-hydrogen) atoms. The Morgan fingerprint density at radius 1 is 1.03 bits per heavy atom. The summed E-state index contributed by atoms with van der Waals surface area (Å²) in [6, 6.07) is 15.9. The second-order valence-corrected chi connectivity index (χ2v) is 8.74. The molecule has 154 valence electrons. The van der Waals surface area contributed by atoms with Crippen LogP contribution in [0, 0.1) is 0 Å². The van der Waals surface area contributed by atoms with Gasteiger partial charge in [0.15, 0.2) is 9.84 Å². The topological polar surface area (TPSA) is 128 Å². The number of anilines is 1. The van der Waals surface area contributed by atoms with Crippen LogP contribution in [0.25, 0.3) is 0 Å². The number of carbonyl (C=O) groups excluding carboxylic acids is 2. The number of nitrogens with two attached hydrogens (primary N) is 1. The molecule has 0 saturated heterocycles. The molecule has 1 heterocycles. The zero-order valence-electron chi connectivity index (χ0n) is 16.0. The number of primary amides is 1. The Morgan fingerprint density at radius 3 is 2.37 bits per heavy atom. The van der Waals surface area contributed by atoms with Crippen molar-refractivity contribution in [3.63, 3.8) is 0 Å². The Hall–Kier alpha value is -3.72. The van der Waals surface area contributed by atoms with E-state index in [4.69, 9.17) is 10.5 Å². The van der Waals surface area contributed by atoms with E-state index in [0.29, 0.717) is 28.1 Å². The van der Waals surface area contributed by atoms with Crippen LogP contribution in [-0.2, 0) is 15.6 Å². The van der Waals surface area contributed by atoms with Gasteiger partial charge in [-0.2, -0.15) is 0 Å². The summed E-state index contributed by atoms with van der Waals surface area (Å²) >= 11 is 0. The van der Waals surface area contributed by atoms with Crippen LogP contribution in [0.3, 0.4) is 0 Å². The second-order valence-electron chi connectivity index (χ2n) is 6.60. The number of aromatic nitrogens is 1. The third kappa shape index (κ3) is 5.89. The predicted octanol–water partition coefficient (Wildman–Crippen LogP) is 2.77. The number of hydrogen-bond acceptors (Lipinski definition) is 6. The van der Waals surface area contributed by atoms with E-state index in [1.54, 1.807) is 54.6 Å². The number of nitrogens with zero attached hydrogens (tertiary/aromatic N) is 1. The summed E-state index contributed by atoms with van der Waals surface area (Å²) < 4.78 is 28.3. The molecule has 0 radical (unpaired) electrons. The maximum atomic E-state index is 12.4. The van der Waals surface area contributed by atoms with E-state index in [0.717, 1.165) is 6.26 Å². The number of benzene rings is 2. The average Bonchev–Trinajstić information content (AvgIpc) is 2.69. The maximum absolute atomic E-state index is 12.4. The summed E-state index contributed by atoms with van der Waals surface area (Å²) in [7, 11) is -3.14. The molecule has 3 rings (SSSR count). The molecule has 0 unspecified atom stereocenters. The van der Waals surface area contributed by atoms with Gasteiger partial charge >= 0.3 is 0 Å². The lowest BCUT2D eigenvalue weighted by Crippen LogP contribution is -2.12. The first-order chi connectivity index (χ1) is 14.2. The molecule has 0 aliphatic carbocycles. The lowest BCUT2D eigenvalue weighted by Gasteiger charge is -2.08. The van der Waals surface area contributed by atoms with Crippen molar-refractivity contribution in [2.45, 2.75) is 5.75 Å². The highest BCUT2D eigenvalue weighted by molar-refractivity contribution is 7.89. The Balaban J connectivity index is 1.63. The summed E-state index contributed by atoms with van der Waals surface area (Å²) in [5.74, 6) is -0.311. The van der Waals surface area contributed by atoms with Crippen LogP contribution in [0.5, 0.6) is 11.6 Å². The van der Waals surface area contributed by atoms with Crippen molar-refractivity contribution >= 4 is 27.3 Å². The highest BCUT2D eigenvalue weighted by Crippen LogP contribution is 2.21. The lowest BCUT2D eigenvalue weighted by atomic mass is 10.1. The molecule has 0 bridgehead atoms. The maximum Gasteiger partial charge on any atom is 0.255 e. The summed E-state index contributed by atoms with van der Waals surface area (Å²) in [6.45, 7) is 0. The molecule has 0 aliphatic rings. The highest BCUT2D eigenvalue weighted by Gasteiger charge is 2.09. The van der Waals surface area contributed by atoms with Gasteiger partial charge in [-0.15, -0.1) is 0 Å². The van der Waals surface area contributed by atoms with Crippen molar-refractivity contribution in [1.82, 2.24) is 4.98 Å². The third-order valence-electron chi connectivity index (χ3n) is 3.98. The molecule has 3 aromatic rings. The fourth-order valence-corrected chi connectivity index (χ4v) is 3.40. The first-order valence-electron chi connectivity index (χ1n) is 8.81. The van der Waals surface area contributed by atoms with Crippen LogP contribution >= 0.6 is 0 Å². The van der Waals surface area contributed by atoms with Crippen molar-refractivity contribution in [3.8, 4) is 11.6 Å². The summed E-state index contributed by atoms with van der Waals surface area (Å²) in [5.41, 5.74) is 7.02. The van der Waals surface area contributed by atoms with Crippen molar-refractivity contribution in [2.75, 3.05) is 11.6 Å². The smallest absolute Gasteiger partial charge is 0.255 e. The van der Waals surface area contributed by atoms with E-state index >= 15 is 0 Å². The van der Waals surface area contributed by atoms with Crippen LogP contribution in [0.1, 0.15) is 26.3 Å². The van der Waals surface area contributed by atoms with Crippen molar-refractivity contribution in [2.24, 2.45) is 5.73 Å². The van der Waals surface area contributed by atoms with Gasteiger partial charge in [0.25, 0.3) is 5.91 Å². The van der Waals surface area contributed by atoms with Gasteiger partial charge in [-0.05, 0) is 42.0 Å². The normalized spacial score (nSPS) is 11.0. The number of amides is 2. The summed E-state index contributed by atoms with van der Waals surface area (Å²) in [5, 5.41) is 2.70. The average molecular weight is 425 g/mol. The summed E-state index contributed by atoms with van der Waals surface area (Å²) in [4.78, 5) is 27.7. The van der Waals surface area contributed by atoms with Crippen LogP contribution in [0.15, 0.2) is 66.9 Å². The Kier molecular flexibility index (Phi) is 6.12. The fourth-order valence-electron chi connectivity index (χ4n) is 2.61. The third-order valence-corrected chi connectivity index (χ3v) is 4.84. The molecule has 0 saturated carbocycles. The van der Waals surface area contributed by atoms with E-state index in [9.17, 15) is 18.0 Å². The molecular weight excluding hydrogens is 406 g/mol. The van der Waals surface area contributed by atoms with E-state index in [-0.39, 0.29) is 17.5 Å². The number of carbonyl (C=O) groups is 2. The molecule has 0 atom stereocenters. The number of nitrogens with one attached hydrogen (secondary N) is 1. The van der Waals surface area contributed by atoms with E-state index < -0.39 is 15.7 Å². The molecular formula is C21H19N3O5S. The van der Waals surface area contributed by atoms with E-state index in [2.05, 4.69) is 10.3 Å². The van der Waals surface area contributed by atoms with Crippen molar-refractivity contribution in [3.05, 3.63) is 83.6 Å². The second kappa shape index (κ2) is 8.75. The van der Waals surface area contributed by atoms with Crippen LogP contribution in [0.4, 0.5) is 5.69 Å².